The van der Waals surface area contributed by atoms with Crippen LogP contribution in [0.4, 0.5) is 0 Å². The van der Waals surface area contributed by atoms with E-state index in [0.29, 0.717) is 17.9 Å². The van der Waals surface area contributed by atoms with Crippen LogP contribution in [0.5, 0.6) is 0 Å². The second kappa shape index (κ2) is 5.48. The standard InChI is InChI=1S/C14H13BrN2O2/c1-3-12-11(14(18)19)7-16-13(17-12)10-5-4-9(15)6-8(10)2/h4-7H,3H2,1-2H3,(H,18,19). The molecule has 98 valence electrons. The van der Waals surface area contributed by atoms with E-state index in [2.05, 4.69) is 25.9 Å². The molecular formula is C14H13BrN2O2. The molecule has 0 amide bonds. The molecule has 2 rings (SSSR count). The summed E-state index contributed by atoms with van der Waals surface area (Å²) >= 11 is 3.41. The van der Waals surface area contributed by atoms with Gasteiger partial charge in [0.1, 0.15) is 0 Å². The molecule has 19 heavy (non-hydrogen) atoms. The third-order valence-electron chi connectivity index (χ3n) is 2.86. The molecule has 0 spiro atoms. The van der Waals surface area contributed by atoms with Gasteiger partial charge >= 0.3 is 5.97 Å². The molecular weight excluding hydrogens is 308 g/mol. The van der Waals surface area contributed by atoms with Crippen molar-refractivity contribution in [2.75, 3.05) is 0 Å². The number of benzene rings is 1. The van der Waals surface area contributed by atoms with Gasteiger partial charge < -0.3 is 5.11 Å². The summed E-state index contributed by atoms with van der Waals surface area (Å²) < 4.78 is 0.992. The molecule has 5 heteroatoms. The Balaban J connectivity index is 2.54. The molecule has 0 aliphatic heterocycles. The molecule has 0 saturated heterocycles. The monoisotopic (exact) mass is 320 g/mol. The lowest BCUT2D eigenvalue weighted by atomic mass is 10.1. The highest BCUT2D eigenvalue weighted by Gasteiger charge is 2.13. The van der Waals surface area contributed by atoms with Gasteiger partial charge in [-0.1, -0.05) is 22.9 Å². The summed E-state index contributed by atoms with van der Waals surface area (Å²) in [6, 6.07) is 5.83. The summed E-state index contributed by atoms with van der Waals surface area (Å²) in [4.78, 5) is 19.6. The molecule has 2 aromatic rings. The first kappa shape index (κ1) is 13.7. The van der Waals surface area contributed by atoms with Gasteiger partial charge in [0.2, 0.25) is 0 Å². The molecule has 0 aliphatic rings. The molecule has 1 aromatic heterocycles. The van der Waals surface area contributed by atoms with Crippen LogP contribution in [0.3, 0.4) is 0 Å². The van der Waals surface area contributed by atoms with E-state index >= 15 is 0 Å². The number of aromatic nitrogens is 2. The Hall–Kier alpha value is -1.75. The molecule has 4 nitrogen and oxygen atoms in total. The number of hydrogen-bond acceptors (Lipinski definition) is 3. The van der Waals surface area contributed by atoms with Crippen molar-refractivity contribution in [3.8, 4) is 11.4 Å². The van der Waals surface area contributed by atoms with E-state index in [0.717, 1.165) is 15.6 Å². The second-order valence-electron chi connectivity index (χ2n) is 4.17. The highest BCUT2D eigenvalue weighted by atomic mass is 79.9. The Labute approximate surface area is 119 Å². The molecule has 0 saturated carbocycles. The van der Waals surface area contributed by atoms with Gasteiger partial charge in [0.25, 0.3) is 0 Å². The average molecular weight is 321 g/mol. The van der Waals surface area contributed by atoms with Gasteiger partial charge in [-0.15, -0.1) is 0 Å². The fraction of sp³-hybridized carbons (Fsp3) is 0.214. The second-order valence-corrected chi connectivity index (χ2v) is 5.09. The summed E-state index contributed by atoms with van der Waals surface area (Å²) in [5, 5.41) is 9.06. The summed E-state index contributed by atoms with van der Waals surface area (Å²) in [7, 11) is 0. The zero-order valence-electron chi connectivity index (χ0n) is 10.6. The van der Waals surface area contributed by atoms with Crippen LogP contribution in [0.1, 0.15) is 28.5 Å². The highest BCUT2D eigenvalue weighted by molar-refractivity contribution is 9.10. The number of halogens is 1. The van der Waals surface area contributed by atoms with Crippen LogP contribution in [-0.2, 0) is 6.42 Å². The van der Waals surface area contributed by atoms with Gasteiger partial charge in [0, 0.05) is 16.2 Å². The van der Waals surface area contributed by atoms with Gasteiger partial charge in [-0.2, -0.15) is 0 Å². The Morgan fingerprint density at radius 2 is 2.16 bits per heavy atom. The highest BCUT2D eigenvalue weighted by Crippen LogP contribution is 2.24. The molecule has 0 unspecified atom stereocenters. The number of aromatic carboxylic acids is 1. The van der Waals surface area contributed by atoms with Crippen molar-refractivity contribution in [1.82, 2.24) is 9.97 Å². The SMILES string of the molecule is CCc1nc(-c2ccc(Br)cc2C)ncc1C(=O)O. The van der Waals surface area contributed by atoms with Gasteiger partial charge in [0.05, 0.1) is 11.3 Å². The van der Waals surface area contributed by atoms with Crippen LogP contribution in [0.2, 0.25) is 0 Å². The third-order valence-corrected chi connectivity index (χ3v) is 3.36. The molecule has 0 aliphatic carbocycles. The van der Waals surface area contributed by atoms with Crippen molar-refractivity contribution in [1.29, 1.82) is 0 Å². The van der Waals surface area contributed by atoms with Crippen LogP contribution in [0.15, 0.2) is 28.9 Å². The summed E-state index contributed by atoms with van der Waals surface area (Å²) in [6.45, 7) is 3.85. The Bertz CT molecular complexity index is 641. The first-order chi connectivity index (χ1) is 9.02. The topological polar surface area (TPSA) is 63.1 Å². The molecule has 1 heterocycles. The van der Waals surface area contributed by atoms with Crippen molar-refractivity contribution in [3.05, 3.63) is 45.7 Å². The van der Waals surface area contributed by atoms with E-state index in [4.69, 9.17) is 5.11 Å². The minimum Gasteiger partial charge on any atom is -0.478 e. The molecule has 0 atom stereocenters. The summed E-state index contributed by atoms with van der Waals surface area (Å²) in [5.41, 5.74) is 2.68. The lowest BCUT2D eigenvalue weighted by Gasteiger charge is -2.08. The normalized spacial score (nSPS) is 10.5. The summed E-state index contributed by atoms with van der Waals surface area (Å²) in [6.07, 6.45) is 1.94. The smallest absolute Gasteiger partial charge is 0.339 e. The molecule has 1 N–H and O–H groups in total. The van der Waals surface area contributed by atoms with Gasteiger partial charge in [0.15, 0.2) is 5.82 Å². The number of carboxylic acids is 1. The summed E-state index contributed by atoms with van der Waals surface area (Å²) in [5.74, 6) is -0.428. The van der Waals surface area contributed by atoms with E-state index in [1.807, 2.05) is 32.0 Å². The van der Waals surface area contributed by atoms with Gasteiger partial charge in [-0.3, -0.25) is 0 Å². The first-order valence-corrected chi connectivity index (χ1v) is 6.68. The first-order valence-electron chi connectivity index (χ1n) is 5.88. The van der Waals surface area contributed by atoms with E-state index < -0.39 is 5.97 Å². The number of carbonyl (C=O) groups is 1. The minimum atomic E-state index is -0.990. The lowest BCUT2D eigenvalue weighted by Crippen LogP contribution is -2.07. The quantitative estimate of drug-likeness (QED) is 0.940. The zero-order chi connectivity index (χ0) is 14.0. The fourth-order valence-electron chi connectivity index (χ4n) is 1.87. The Morgan fingerprint density at radius 3 is 2.74 bits per heavy atom. The number of nitrogens with zero attached hydrogens (tertiary/aromatic N) is 2. The fourth-order valence-corrected chi connectivity index (χ4v) is 2.35. The molecule has 0 bridgehead atoms. The van der Waals surface area contributed by atoms with E-state index in [1.165, 1.54) is 6.20 Å². The van der Waals surface area contributed by atoms with Crippen LogP contribution < -0.4 is 0 Å². The lowest BCUT2D eigenvalue weighted by molar-refractivity contribution is 0.0694. The van der Waals surface area contributed by atoms with Crippen molar-refractivity contribution in [3.63, 3.8) is 0 Å². The largest absolute Gasteiger partial charge is 0.478 e. The number of carboxylic acid groups (broad SMARTS) is 1. The molecule has 0 fully saturated rings. The maximum Gasteiger partial charge on any atom is 0.339 e. The maximum absolute atomic E-state index is 11.1. The van der Waals surface area contributed by atoms with E-state index in [1.54, 1.807) is 0 Å². The van der Waals surface area contributed by atoms with E-state index in [-0.39, 0.29) is 5.56 Å². The predicted octanol–water partition coefficient (Wildman–Crippen LogP) is 3.48. The Morgan fingerprint density at radius 1 is 1.42 bits per heavy atom. The van der Waals surface area contributed by atoms with Crippen LogP contribution in [0.25, 0.3) is 11.4 Å². The Kier molecular flexibility index (Phi) is 3.95. The van der Waals surface area contributed by atoms with Crippen LogP contribution in [0, 0.1) is 6.92 Å². The molecule has 0 radical (unpaired) electrons. The number of aryl methyl sites for hydroxylation is 2. The molecule has 1 aromatic carbocycles. The van der Waals surface area contributed by atoms with Crippen molar-refractivity contribution < 1.29 is 9.90 Å². The average Bonchev–Trinajstić information content (AvgIpc) is 2.37. The number of rotatable bonds is 3. The zero-order valence-corrected chi connectivity index (χ0v) is 12.2. The van der Waals surface area contributed by atoms with Gasteiger partial charge in [-0.25, -0.2) is 14.8 Å². The van der Waals surface area contributed by atoms with Crippen molar-refractivity contribution in [2.24, 2.45) is 0 Å². The van der Waals surface area contributed by atoms with E-state index in [9.17, 15) is 4.79 Å². The predicted molar refractivity (Wildman–Crippen MR) is 76.2 cm³/mol. The van der Waals surface area contributed by atoms with Crippen LogP contribution >= 0.6 is 15.9 Å². The van der Waals surface area contributed by atoms with Crippen LogP contribution in [-0.4, -0.2) is 21.0 Å². The third kappa shape index (κ3) is 2.81. The van der Waals surface area contributed by atoms with Crippen molar-refractivity contribution in [2.45, 2.75) is 20.3 Å². The van der Waals surface area contributed by atoms with Gasteiger partial charge in [-0.05, 0) is 37.1 Å². The maximum atomic E-state index is 11.1. The number of hydrogen-bond donors (Lipinski definition) is 1. The minimum absolute atomic E-state index is 0.168. The van der Waals surface area contributed by atoms with Crippen molar-refractivity contribution >= 4 is 21.9 Å².